The van der Waals surface area contributed by atoms with Crippen molar-refractivity contribution in [3.05, 3.63) is 16.9 Å². The molecule has 0 aliphatic heterocycles. The van der Waals surface area contributed by atoms with Crippen molar-refractivity contribution in [2.45, 2.75) is 44.9 Å². The van der Waals surface area contributed by atoms with Gasteiger partial charge in [-0.05, 0) is 13.0 Å². The van der Waals surface area contributed by atoms with Crippen LogP contribution in [0, 0.1) is 0 Å². The molecule has 1 rings (SSSR count). The SMILES string of the molecule is CCCNC(CSC(C)(C)C)c1c(Cl)cnn1C. The summed E-state index contributed by atoms with van der Waals surface area (Å²) in [5.41, 5.74) is 1.09. The van der Waals surface area contributed by atoms with Gasteiger partial charge in [-0.3, -0.25) is 4.68 Å². The van der Waals surface area contributed by atoms with Gasteiger partial charge >= 0.3 is 0 Å². The highest BCUT2D eigenvalue weighted by Crippen LogP contribution is 2.30. The summed E-state index contributed by atoms with van der Waals surface area (Å²) in [7, 11) is 1.95. The molecule has 0 spiro atoms. The average Bonchev–Trinajstić information content (AvgIpc) is 2.59. The van der Waals surface area contributed by atoms with Crippen molar-refractivity contribution >= 4 is 23.4 Å². The fraction of sp³-hybridized carbons (Fsp3) is 0.769. The predicted molar refractivity (Wildman–Crippen MR) is 81.5 cm³/mol. The molecule has 104 valence electrons. The fourth-order valence-electron chi connectivity index (χ4n) is 1.70. The lowest BCUT2D eigenvalue weighted by Crippen LogP contribution is -2.28. The number of nitrogens with one attached hydrogen (secondary N) is 1. The molecule has 0 fully saturated rings. The van der Waals surface area contributed by atoms with Crippen molar-refractivity contribution in [3.8, 4) is 0 Å². The van der Waals surface area contributed by atoms with Crippen LogP contribution >= 0.6 is 23.4 Å². The maximum atomic E-state index is 6.24. The van der Waals surface area contributed by atoms with Crippen LogP contribution in [0.3, 0.4) is 0 Å². The zero-order valence-electron chi connectivity index (χ0n) is 12.0. The van der Waals surface area contributed by atoms with E-state index < -0.39 is 0 Å². The molecule has 0 amide bonds. The van der Waals surface area contributed by atoms with Crippen LogP contribution in [-0.4, -0.2) is 26.8 Å². The number of nitrogens with zero attached hydrogens (tertiary/aromatic N) is 2. The Morgan fingerprint density at radius 3 is 2.61 bits per heavy atom. The molecular formula is C13H24ClN3S. The van der Waals surface area contributed by atoms with Crippen LogP contribution in [0.15, 0.2) is 6.20 Å². The minimum atomic E-state index is 0.258. The van der Waals surface area contributed by atoms with Gasteiger partial charge in [0.2, 0.25) is 0 Å². The Hall–Kier alpha value is -0.190. The van der Waals surface area contributed by atoms with Crippen LogP contribution in [0.2, 0.25) is 5.02 Å². The highest BCUT2D eigenvalue weighted by molar-refractivity contribution is 8.00. The standard InChI is InChI=1S/C13H24ClN3S/c1-6-7-15-11(9-18-13(2,3)4)12-10(14)8-16-17(12)5/h8,11,15H,6-7,9H2,1-5H3. The topological polar surface area (TPSA) is 29.9 Å². The number of hydrogen-bond acceptors (Lipinski definition) is 3. The second-order valence-corrected chi connectivity index (χ2v) is 7.69. The van der Waals surface area contributed by atoms with Gasteiger partial charge in [-0.1, -0.05) is 39.3 Å². The first-order valence-corrected chi connectivity index (χ1v) is 7.76. The van der Waals surface area contributed by atoms with E-state index in [4.69, 9.17) is 11.6 Å². The maximum absolute atomic E-state index is 6.24. The summed E-state index contributed by atoms with van der Waals surface area (Å²) in [6.07, 6.45) is 2.84. The third-order valence-corrected chi connectivity index (χ3v) is 4.25. The first-order valence-electron chi connectivity index (χ1n) is 6.40. The quantitative estimate of drug-likeness (QED) is 0.867. The number of thioether (sulfide) groups is 1. The van der Waals surface area contributed by atoms with Gasteiger partial charge in [-0.25, -0.2) is 0 Å². The normalized spacial score (nSPS) is 13.9. The lowest BCUT2D eigenvalue weighted by atomic mass is 10.2. The molecule has 0 saturated heterocycles. The van der Waals surface area contributed by atoms with Crippen molar-refractivity contribution in [2.75, 3.05) is 12.3 Å². The van der Waals surface area contributed by atoms with Gasteiger partial charge in [-0.15, -0.1) is 0 Å². The Morgan fingerprint density at radius 1 is 1.50 bits per heavy atom. The molecule has 5 heteroatoms. The van der Waals surface area contributed by atoms with Crippen LogP contribution in [0.1, 0.15) is 45.9 Å². The summed E-state index contributed by atoms with van der Waals surface area (Å²) in [4.78, 5) is 0. The molecule has 18 heavy (non-hydrogen) atoms. The van der Waals surface area contributed by atoms with E-state index >= 15 is 0 Å². The molecular weight excluding hydrogens is 266 g/mol. The van der Waals surface area contributed by atoms with E-state index in [0.717, 1.165) is 29.4 Å². The highest BCUT2D eigenvalue weighted by Gasteiger charge is 2.21. The molecule has 0 aromatic carbocycles. The number of rotatable bonds is 6. The van der Waals surface area contributed by atoms with Gasteiger partial charge in [0.05, 0.1) is 23.0 Å². The molecule has 0 radical (unpaired) electrons. The molecule has 1 unspecified atom stereocenters. The number of hydrogen-bond donors (Lipinski definition) is 1. The minimum absolute atomic E-state index is 0.258. The largest absolute Gasteiger partial charge is 0.308 e. The Balaban J connectivity index is 2.78. The Kier molecular flexibility index (Phi) is 6.02. The Labute approximate surface area is 120 Å². The fourth-order valence-corrected chi connectivity index (χ4v) is 2.94. The van der Waals surface area contributed by atoms with Crippen molar-refractivity contribution in [2.24, 2.45) is 7.05 Å². The minimum Gasteiger partial charge on any atom is -0.308 e. The summed E-state index contributed by atoms with van der Waals surface area (Å²) < 4.78 is 2.14. The second-order valence-electron chi connectivity index (χ2n) is 5.43. The Morgan fingerprint density at radius 2 is 2.17 bits per heavy atom. The first kappa shape index (κ1) is 15.9. The molecule has 1 heterocycles. The number of aromatic nitrogens is 2. The number of aryl methyl sites for hydroxylation is 1. The lowest BCUT2D eigenvalue weighted by molar-refractivity contribution is 0.533. The van der Waals surface area contributed by atoms with Gasteiger partial charge in [0.15, 0.2) is 0 Å². The van der Waals surface area contributed by atoms with Crippen LogP contribution in [0.5, 0.6) is 0 Å². The average molecular weight is 290 g/mol. The van der Waals surface area contributed by atoms with Gasteiger partial charge in [0.25, 0.3) is 0 Å². The molecule has 0 aliphatic carbocycles. The van der Waals surface area contributed by atoms with Crippen LogP contribution in [-0.2, 0) is 7.05 Å². The van der Waals surface area contributed by atoms with Gasteiger partial charge in [-0.2, -0.15) is 16.9 Å². The van der Waals surface area contributed by atoms with Crippen LogP contribution in [0.4, 0.5) is 0 Å². The highest BCUT2D eigenvalue weighted by atomic mass is 35.5. The summed E-state index contributed by atoms with van der Waals surface area (Å²) in [5.74, 6) is 1.00. The van der Waals surface area contributed by atoms with Gasteiger partial charge in [0.1, 0.15) is 0 Å². The zero-order valence-corrected chi connectivity index (χ0v) is 13.5. The zero-order chi connectivity index (χ0) is 13.8. The summed E-state index contributed by atoms with van der Waals surface area (Å²) in [6, 6.07) is 0.258. The van der Waals surface area contributed by atoms with Crippen molar-refractivity contribution in [1.82, 2.24) is 15.1 Å². The first-order chi connectivity index (χ1) is 8.35. The number of halogens is 1. The lowest BCUT2D eigenvalue weighted by Gasteiger charge is -2.24. The van der Waals surface area contributed by atoms with E-state index in [-0.39, 0.29) is 10.8 Å². The monoisotopic (exact) mass is 289 g/mol. The second kappa shape index (κ2) is 6.83. The van der Waals surface area contributed by atoms with Gasteiger partial charge < -0.3 is 5.32 Å². The molecule has 1 N–H and O–H groups in total. The smallest absolute Gasteiger partial charge is 0.0834 e. The van der Waals surface area contributed by atoms with Gasteiger partial charge in [0, 0.05) is 17.5 Å². The third-order valence-electron chi connectivity index (χ3n) is 2.59. The van der Waals surface area contributed by atoms with E-state index in [2.05, 4.69) is 38.1 Å². The molecule has 0 aliphatic rings. The molecule has 1 aromatic rings. The van der Waals surface area contributed by atoms with E-state index in [1.807, 2.05) is 23.5 Å². The molecule has 1 atom stereocenters. The molecule has 0 bridgehead atoms. The van der Waals surface area contributed by atoms with E-state index in [1.165, 1.54) is 0 Å². The summed E-state index contributed by atoms with van der Waals surface area (Å²) >= 11 is 8.18. The Bertz CT molecular complexity index is 351. The predicted octanol–water partition coefficient (Wildman–Crippen LogP) is 3.65. The van der Waals surface area contributed by atoms with Crippen molar-refractivity contribution in [3.63, 3.8) is 0 Å². The molecule has 1 aromatic heterocycles. The summed E-state index contributed by atoms with van der Waals surface area (Å²) in [6.45, 7) is 9.88. The maximum Gasteiger partial charge on any atom is 0.0834 e. The van der Waals surface area contributed by atoms with Crippen molar-refractivity contribution < 1.29 is 0 Å². The van der Waals surface area contributed by atoms with E-state index in [0.29, 0.717) is 0 Å². The summed E-state index contributed by atoms with van der Waals surface area (Å²) in [5, 5.41) is 8.54. The third kappa shape index (κ3) is 4.82. The molecule has 0 saturated carbocycles. The van der Waals surface area contributed by atoms with Crippen LogP contribution < -0.4 is 5.32 Å². The van der Waals surface area contributed by atoms with E-state index in [1.54, 1.807) is 6.20 Å². The van der Waals surface area contributed by atoms with Crippen LogP contribution in [0.25, 0.3) is 0 Å². The molecule has 3 nitrogen and oxygen atoms in total. The van der Waals surface area contributed by atoms with E-state index in [9.17, 15) is 0 Å². The van der Waals surface area contributed by atoms with Crippen molar-refractivity contribution in [1.29, 1.82) is 0 Å².